The van der Waals surface area contributed by atoms with Gasteiger partial charge in [0.15, 0.2) is 0 Å². The van der Waals surface area contributed by atoms with Crippen LogP contribution in [0.4, 0.5) is 5.69 Å². The lowest BCUT2D eigenvalue weighted by atomic mass is 9.75. The van der Waals surface area contributed by atoms with Crippen molar-refractivity contribution in [2.45, 2.75) is 52.0 Å². The highest BCUT2D eigenvalue weighted by molar-refractivity contribution is 8.03. The molecule has 0 unspecified atom stereocenters. The second-order valence-corrected chi connectivity index (χ2v) is 12.8. The Kier molecular flexibility index (Phi) is 6.73. The lowest BCUT2D eigenvalue weighted by Crippen LogP contribution is -2.33. The van der Waals surface area contributed by atoms with Crippen molar-refractivity contribution >= 4 is 56.7 Å². The Balaban J connectivity index is 1.43. The number of benzene rings is 2. The Bertz CT molecular complexity index is 1420. The first-order valence-corrected chi connectivity index (χ1v) is 14.2. The summed E-state index contributed by atoms with van der Waals surface area (Å²) in [6.45, 7) is 10.1. The normalized spacial score (nSPS) is 19.8. The van der Waals surface area contributed by atoms with Crippen molar-refractivity contribution in [3.8, 4) is 0 Å². The maximum atomic E-state index is 6.21. The highest BCUT2D eigenvalue weighted by atomic mass is 35.5. The number of halogens is 1. The van der Waals surface area contributed by atoms with Gasteiger partial charge in [-0.1, -0.05) is 72.8 Å². The Hall–Kier alpha value is -2.27. The van der Waals surface area contributed by atoms with Crippen molar-refractivity contribution in [3.63, 3.8) is 0 Å². The van der Waals surface area contributed by atoms with E-state index in [2.05, 4.69) is 98.9 Å². The molecular weight excluding hydrogens is 488 g/mol. The second kappa shape index (κ2) is 9.65. The summed E-state index contributed by atoms with van der Waals surface area (Å²) in [4.78, 5) is 3.47. The predicted octanol–water partition coefficient (Wildman–Crippen LogP) is 8.94. The average Bonchev–Trinajstić information content (AvgIpc) is 3.28. The molecule has 0 amide bonds. The van der Waals surface area contributed by atoms with Crippen LogP contribution in [-0.2, 0) is 6.54 Å². The minimum Gasteiger partial charge on any atom is -0.338 e. The fourth-order valence-corrected chi connectivity index (χ4v) is 7.56. The Morgan fingerprint density at radius 1 is 1.14 bits per heavy atom. The summed E-state index contributed by atoms with van der Waals surface area (Å²) < 4.78 is 3.81. The van der Waals surface area contributed by atoms with Crippen molar-refractivity contribution in [1.29, 1.82) is 0 Å². The minimum atomic E-state index is 0.240. The number of hydrogen-bond acceptors (Lipinski definition) is 3. The van der Waals surface area contributed by atoms with Gasteiger partial charge in [-0.3, -0.25) is 0 Å². The van der Waals surface area contributed by atoms with E-state index in [0.29, 0.717) is 0 Å². The van der Waals surface area contributed by atoms with E-state index in [1.807, 2.05) is 23.5 Å². The van der Waals surface area contributed by atoms with Gasteiger partial charge in [0.05, 0.1) is 10.7 Å². The molecule has 5 heteroatoms. The number of allylic oxidation sites excluding steroid dienone is 6. The van der Waals surface area contributed by atoms with Crippen LogP contribution in [0.5, 0.6) is 0 Å². The van der Waals surface area contributed by atoms with Gasteiger partial charge in [0, 0.05) is 29.1 Å². The third-order valence-electron chi connectivity index (χ3n) is 6.62. The molecule has 3 aromatic rings. The van der Waals surface area contributed by atoms with E-state index < -0.39 is 0 Å². The molecule has 2 nitrogen and oxygen atoms in total. The van der Waals surface area contributed by atoms with Crippen LogP contribution in [0.1, 0.15) is 44.2 Å². The SMILES string of the molecule is CC[n+]1c(C=C2C=C(/C=C/C=C3/Sc4ccc(Cl)cc4N3C)CC(C)(C)C2)sc2cc(C)ccc21. The number of rotatable bonds is 4. The molecule has 0 radical (unpaired) electrons. The molecule has 1 aliphatic heterocycles. The van der Waals surface area contributed by atoms with Crippen LogP contribution in [-0.4, -0.2) is 7.05 Å². The molecule has 0 N–H and O–H groups in total. The summed E-state index contributed by atoms with van der Waals surface area (Å²) in [6.07, 6.45) is 13.7. The van der Waals surface area contributed by atoms with Gasteiger partial charge in [-0.2, -0.15) is 4.57 Å². The molecule has 0 atom stereocenters. The third-order valence-corrected chi connectivity index (χ3v) is 9.14. The zero-order chi connectivity index (χ0) is 24.7. The Labute approximate surface area is 222 Å². The molecule has 180 valence electrons. The van der Waals surface area contributed by atoms with Crippen LogP contribution >= 0.6 is 34.7 Å². The van der Waals surface area contributed by atoms with Crippen LogP contribution < -0.4 is 9.47 Å². The van der Waals surface area contributed by atoms with Crippen LogP contribution in [0.3, 0.4) is 0 Å². The van der Waals surface area contributed by atoms with Gasteiger partial charge in [-0.05, 0) is 79.2 Å². The quantitative estimate of drug-likeness (QED) is 0.317. The van der Waals surface area contributed by atoms with E-state index in [0.717, 1.165) is 24.4 Å². The summed E-state index contributed by atoms with van der Waals surface area (Å²) in [7, 11) is 2.11. The van der Waals surface area contributed by atoms with Gasteiger partial charge in [0.25, 0.3) is 5.01 Å². The number of aromatic nitrogens is 1. The molecule has 0 spiro atoms. The molecule has 5 rings (SSSR count). The van der Waals surface area contributed by atoms with E-state index >= 15 is 0 Å². The van der Waals surface area contributed by atoms with Crippen molar-refractivity contribution in [3.05, 3.63) is 92.5 Å². The zero-order valence-corrected chi connectivity index (χ0v) is 23.4. The van der Waals surface area contributed by atoms with E-state index in [4.69, 9.17) is 11.6 Å². The van der Waals surface area contributed by atoms with E-state index in [9.17, 15) is 0 Å². The van der Waals surface area contributed by atoms with Crippen molar-refractivity contribution in [2.24, 2.45) is 5.41 Å². The lowest BCUT2D eigenvalue weighted by Gasteiger charge is -2.30. The third kappa shape index (κ3) is 5.16. The number of aryl methyl sites for hydroxylation is 2. The number of nitrogens with zero attached hydrogens (tertiary/aromatic N) is 2. The maximum Gasteiger partial charge on any atom is 0.263 e. The molecule has 2 aliphatic rings. The van der Waals surface area contributed by atoms with E-state index in [1.54, 1.807) is 11.8 Å². The number of anilines is 1. The Morgan fingerprint density at radius 3 is 2.77 bits per heavy atom. The first-order valence-electron chi connectivity index (χ1n) is 12.2. The van der Waals surface area contributed by atoms with Crippen molar-refractivity contribution < 1.29 is 4.57 Å². The average molecular weight is 520 g/mol. The topological polar surface area (TPSA) is 7.12 Å². The molecule has 0 saturated heterocycles. The van der Waals surface area contributed by atoms with Crippen molar-refractivity contribution in [1.82, 2.24) is 0 Å². The van der Waals surface area contributed by atoms with E-state index in [-0.39, 0.29) is 5.41 Å². The monoisotopic (exact) mass is 519 g/mol. The van der Waals surface area contributed by atoms with Gasteiger partial charge < -0.3 is 4.90 Å². The maximum absolute atomic E-state index is 6.21. The Morgan fingerprint density at radius 2 is 1.97 bits per heavy atom. The predicted molar refractivity (Wildman–Crippen MR) is 154 cm³/mol. The first-order chi connectivity index (χ1) is 16.7. The fraction of sp³-hybridized carbons (Fsp3) is 0.300. The smallest absolute Gasteiger partial charge is 0.263 e. The van der Waals surface area contributed by atoms with Crippen LogP contribution in [0.2, 0.25) is 5.02 Å². The second-order valence-electron chi connectivity index (χ2n) is 10.2. The zero-order valence-electron chi connectivity index (χ0n) is 21.1. The number of hydrogen-bond donors (Lipinski definition) is 0. The summed E-state index contributed by atoms with van der Waals surface area (Å²) >= 11 is 9.90. The summed E-state index contributed by atoms with van der Waals surface area (Å²) in [5, 5.41) is 3.33. The van der Waals surface area contributed by atoms with Gasteiger partial charge in [0.2, 0.25) is 5.52 Å². The number of thioether (sulfide) groups is 1. The summed E-state index contributed by atoms with van der Waals surface area (Å²) in [5.74, 6) is 0. The molecule has 0 bridgehead atoms. The molecule has 2 heterocycles. The van der Waals surface area contributed by atoms with Gasteiger partial charge in [-0.25, -0.2) is 0 Å². The van der Waals surface area contributed by atoms with Crippen LogP contribution in [0.25, 0.3) is 16.3 Å². The number of fused-ring (bicyclic) bond motifs is 2. The molecular formula is C30H32ClN2S2+. The van der Waals surface area contributed by atoms with Crippen molar-refractivity contribution in [2.75, 3.05) is 11.9 Å². The summed E-state index contributed by atoms with van der Waals surface area (Å²) in [5.41, 5.74) is 6.86. The molecule has 1 aliphatic carbocycles. The van der Waals surface area contributed by atoms with Gasteiger partial charge in [-0.15, -0.1) is 0 Å². The minimum absolute atomic E-state index is 0.240. The number of thiazole rings is 1. The lowest BCUT2D eigenvalue weighted by molar-refractivity contribution is -0.665. The van der Waals surface area contributed by atoms with Gasteiger partial charge in [0.1, 0.15) is 11.2 Å². The van der Waals surface area contributed by atoms with Crippen LogP contribution in [0, 0.1) is 12.3 Å². The van der Waals surface area contributed by atoms with Gasteiger partial charge >= 0.3 is 0 Å². The highest BCUT2D eigenvalue weighted by Gasteiger charge is 2.26. The molecule has 2 aromatic carbocycles. The van der Waals surface area contributed by atoms with E-state index in [1.165, 1.54) is 47.5 Å². The molecule has 0 saturated carbocycles. The molecule has 35 heavy (non-hydrogen) atoms. The molecule has 0 fully saturated rings. The largest absolute Gasteiger partial charge is 0.338 e. The molecule has 1 aromatic heterocycles. The summed E-state index contributed by atoms with van der Waals surface area (Å²) in [6, 6.07) is 12.9. The highest BCUT2D eigenvalue weighted by Crippen LogP contribution is 2.46. The first kappa shape index (κ1) is 24.4. The standard InChI is InChI=1S/C30H32ClN2S2/c1-6-33-24-12-10-20(2)14-27(24)35-29(33)16-22-15-21(18-30(3,4)19-22)8-7-9-28-32(5)25-17-23(31)11-13-26(25)34-28/h7-17H,6,18-19H2,1-5H3/q+1. The fourth-order valence-electron chi connectivity index (χ4n) is 5.05. The van der Waals surface area contributed by atoms with Crippen LogP contribution in [0.15, 0.2) is 81.8 Å².